The first kappa shape index (κ1) is 13.1. The SMILES string of the molecule is CCC(Br)c1cn(Cc2ccccc2OC)nn1. The van der Waals surface area contributed by atoms with Crippen LogP contribution in [-0.2, 0) is 6.54 Å². The average molecular weight is 310 g/mol. The van der Waals surface area contributed by atoms with E-state index in [2.05, 4.69) is 33.2 Å². The second-order valence-corrected chi connectivity index (χ2v) is 5.13. The zero-order valence-electron chi connectivity index (χ0n) is 10.5. The summed E-state index contributed by atoms with van der Waals surface area (Å²) in [5.74, 6) is 0.875. The largest absolute Gasteiger partial charge is 0.496 e. The minimum absolute atomic E-state index is 0.268. The fraction of sp³-hybridized carbons (Fsp3) is 0.385. The van der Waals surface area contributed by atoms with Crippen LogP contribution in [-0.4, -0.2) is 22.1 Å². The van der Waals surface area contributed by atoms with E-state index in [1.807, 2.05) is 35.1 Å². The number of hydrogen-bond donors (Lipinski definition) is 0. The molecule has 0 aliphatic heterocycles. The second-order valence-electron chi connectivity index (χ2n) is 4.03. The third kappa shape index (κ3) is 2.90. The summed E-state index contributed by atoms with van der Waals surface area (Å²) in [6.07, 6.45) is 2.96. The van der Waals surface area contributed by atoms with Crippen LogP contribution in [0, 0.1) is 0 Å². The van der Waals surface area contributed by atoms with Crippen molar-refractivity contribution in [2.24, 2.45) is 0 Å². The molecule has 1 aromatic carbocycles. The molecule has 1 aromatic heterocycles. The quantitative estimate of drug-likeness (QED) is 0.796. The second kappa shape index (κ2) is 6.00. The van der Waals surface area contributed by atoms with Crippen LogP contribution in [0.15, 0.2) is 30.5 Å². The van der Waals surface area contributed by atoms with Gasteiger partial charge in [0.2, 0.25) is 0 Å². The number of para-hydroxylation sites is 1. The van der Waals surface area contributed by atoms with Gasteiger partial charge in [0.1, 0.15) is 5.75 Å². The molecule has 0 aliphatic carbocycles. The summed E-state index contributed by atoms with van der Waals surface area (Å²) in [6.45, 7) is 2.78. The summed E-state index contributed by atoms with van der Waals surface area (Å²) in [7, 11) is 1.68. The van der Waals surface area contributed by atoms with Crippen LogP contribution in [0.25, 0.3) is 0 Å². The van der Waals surface area contributed by atoms with Crippen LogP contribution in [0.3, 0.4) is 0 Å². The number of halogens is 1. The van der Waals surface area contributed by atoms with Gasteiger partial charge in [0, 0.05) is 11.8 Å². The first-order valence-corrected chi connectivity index (χ1v) is 6.82. The third-order valence-electron chi connectivity index (χ3n) is 2.76. The standard InChI is InChI=1S/C13H16BrN3O/c1-3-11(14)12-9-17(16-15-12)8-10-6-4-5-7-13(10)18-2/h4-7,9,11H,3,8H2,1-2H3. The van der Waals surface area contributed by atoms with Gasteiger partial charge in [-0.15, -0.1) is 5.10 Å². The van der Waals surface area contributed by atoms with Crippen LogP contribution in [0.5, 0.6) is 5.75 Å². The lowest BCUT2D eigenvalue weighted by atomic mass is 10.2. The first-order valence-electron chi connectivity index (χ1n) is 5.90. The number of rotatable bonds is 5. The highest BCUT2D eigenvalue weighted by molar-refractivity contribution is 9.09. The first-order chi connectivity index (χ1) is 8.74. The van der Waals surface area contributed by atoms with Gasteiger partial charge in [-0.3, -0.25) is 0 Å². The number of alkyl halides is 1. The smallest absolute Gasteiger partial charge is 0.123 e. The Bertz CT molecular complexity index is 512. The molecule has 0 saturated heterocycles. The number of nitrogens with zero attached hydrogens (tertiary/aromatic N) is 3. The molecule has 5 heteroatoms. The molecule has 4 nitrogen and oxygen atoms in total. The van der Waals surface area contributed by atoms with Gasteiger partial charge in [-0.2, -0.15) is 0 Å². The molecule has 0 bridgehead atoms. The maximum Gasteiger partial charge on any atom is 0.123 e. The number of benzene rings is 1. The topological polar surface area (TPSA) is 39.9 Å². The number of methoxy groups -OCH3 is 1. The van der Waals surface area contributed by atoms with Crippen molar-refractivity contribution in [3.63, 3.8) is 0 Å². The van der Waals surface area contributed by atoms with Crippen LogP contribution in [0.2, 0.25) is 0 Å². The van der Waals surface area contributed by atoms with E-state index in [0.717, 1.165) is 23.4 Å². The van der Waals surface area contributed by atoms with E-state index in [0.29, 0.717) is 6.54 Å². The van der Waals surface area contributed by atoms with E-state index >= 15 is 0 Å². The average Bonchev–Trinajstić information content (AvgIpc) is 2.87. The molecule has 18 heavy (non-hydrogen) atoms. The highest BCUT2D eigenvalue weighted by Gasteiger charge is 2.10. The zero-order chi connectivity index (χ0) is 13.0. The molecule has 0 saturated carbocycles. The minimum atomic E-state index is 0.268. The lowest BCUT2D eigenvalue weighted by Crippen LogP contribution is -2.02. The van der Waals surface area contributed by atoms with E-state index in [1.54, 1.807) is 7.11 Å². The molecule has 1 heterocycles. The number of hydrogen-bond acceptors (Lipinski definition) is 3. The molecule has 1 atom stereocenters. The highest BCUT2D eigenvalue weighted by atomic mass is 79.9. The molecule has 2 aromatic rings. The number of ether oxygens (including phenoxy) is 1. The summed E-state index contributed by atoms with van der Waals surface area (Å²) < 4.78 is 7.15. The van der Waals surface area contributed by atoms with Crippen LogP contribution in [0.4, 0.5) is 0 Å². The predicted octanol–water partition coefficient (Wildman–Crippen LogP) is 3.18. The summed E-state index contributed by atoms with van der Waals surface area (Å²) in [6, 6.07) is 7.94. The third-order valence-corrected chi connectivity index (χ3v) is 3.88. The summed E-state index contributed by atoms with van der Waals surface area (Å²) in [4.78, 5) is 0.268. The lowest BCUT2D eigenvalue weighted by molar-refractivity contribution is 0.407. The molecule has 0 aliphatic rings. The van der Waals surface area contributed by atoms with Gasteiger partial charge in [-0.05, 0) is 12.5 Å². The normalized spacial score (nSPS) is 12.4. The predicted molar refractivity (Wildman–Crippen MR) is 74.1 cm³/mol. The van der Waals surface area contributed by atoms with E-state index < -0.39 is 0 Å². The van der Waals surface area contributed by atoms with Gasteiger partial charge < -0.3 is 4.74 Å². The van der Waals surface area contributed by atoms with E-state index in [9.17, 15) is 0 Å². The van der Waals surface area contributed by atoms with Crippen molar-refractivity contribution >= 4 is 15.9 Å². The summed E-state index contributed by atoms with van der Waals surface area (Å²) in [5, 5.41) is 8.30. The zero-order valence-corrected chi connectivity index (χ0v) is 12.1. The fourth-order valence-corrected chi connectivity index (χ4v) is 1.96. The van der Waals surface area contributed by atoms with Crippen molar-refractivity contribution in [2.45, 2.75) is 24.7 Å². The van der Waals surface area contributed by atoms with E-state index in [-0.39, 0.29) is 4.83 Å². The van der Waals surface area contributed by atoms with Crippen molar-refractivity contribution < 1.29 is 4.74 Å². The summed E-state index contributed by atoms with van der Waals surface area (Å²) in [5.41, 5.74) is 2.06. The molecular formula is C13H16BrN3O. The van der Waals surface area contributed by atoms with Gasteiger partial charge in [0.05, 0.1) is 24.2 Å². The molecule has 1 unspecified atom stereocenters. The molecule has 0 radical (unpaired) electrons. The molecule has 2 rings (SSSR count). The Morgan fingerprint density at radius 2 is 2.17 bits per heavy atom. The Morgan fingerprint density at radius 1 is 1.39 bits per heavy atom. The van der Waals surface area contributed by atoms with Crippen molar-refractivity contribution in [3.8, 4) is 5.75 Å². The highest BCUT2D eigenvalue weighted by Crippen LogP contribution is 2.24. The lowest BCUT2D eigenvalue weighted by Gasteiger charge is -2.07. The molecular weight excluding hydrogens is 294 g/mol. The maximum absolute atomic E-state index is 5.32. The summed E-state index contributed by atoms with van der Waals surface area (Å²) >= 11 is 3.57. The van der Waals surface area contributed by atoms with Crippen molar-refractivity contribution in [1.29, 1.82) is 0 Å². The molecule has 0 spiro atoms. The van der Waals surface area contributed by atoms with Crippen molar-refractivity contribution in [3.05, 3.63) is 41.7 Å². The van der Waals surface area contributed by atoms with E-state index in [1.165, 1.54) is 0 Å². The van der Waals surface area contributed by atoms with Crippen molar-refractivity contribution in [2.75, 3.05) is 7.11 Å². The van der Waals surface area contributed by atoms with Crippen molar-refractivity contribution in [1.82, 2.24) is 15.0 Å². The molecule has 0 N–H and O–H groups in total. The Labute approximate surface area is 115 Å². The molecule has 96 valence electrons. The monoisotopic (exact) mass is 309 g/mol. The number of aromatic nitrogens is 3. The van der Waals surface area contributed by atoms with Gasteiger partial charge in [0.25, 0.3) is 0 Å². The van der Waals surface area contributed by atoms with Gasteiger partial charge in [-0.25, -0.2) is 4.68 Å². The Balaban J connectivity index is 2.16. The van der Waals surface area contributed by atoms with Crippen LogP contribution >= 0.6 is 15.9 Å². The van der Waals surface area contributed by atoms with Crippen LogP contribution in [0.1, 0.15) is 29.4 Å². The maximum atomic E-state index is 5.32. The fourth-order valence-electron chi connectivity index (χ4n) is 1.75. The molecule has 0 fully saturated rings. The molecule has 0 amide bonds. The van der Waals surface area contributed by atoms with E-state index in [4.69, 9.17) is 4.74 Å². The Kier molecular flexibility index (Phi) is 4.36. The minimum Gasteiger partial charge on any atom is -0.496 e. The Morgan fingerprint density at radius 3 is 2.89 bits per heavy atom. The Hall–Kier alpha value is -1.36. The van der Waals surface area contributed by atoms with Gasteiger partial charge in [0.15, 0.2) is 0 Å². The van der Waals surface area contributed by atoms with Gasteiger partial charge >= 0.3 is 0 Å². The van der Waals surface area contributed by atoms with Gasteiger partial charge in [-0.1, -0.05) is 46.3 Å². The van der Waals surface area contributed by atoms with Crippen LogP contribution < -0.4 is 4.74 Å².